The van der Waals surface area contributed by atoms with Crippen LogP contribution in [0, 0.1) is 0 Å². The summed E-state index contributed by atoms with van der Waals surface area (Å²) in [5.74, 6) is 0.506. The molecule has 1 rings (SSSR count). The zero-order valence-electron chi connectivity index (χ0n) is 8.54. The van der Waals surface area contributed by atoms with Crippen molar-refractivity contribution in [2.45, 2.75) is 19.8 Å². The summed E-state index contributed by atoms with van der Waals surface area (Å²) in [4.78, 5) is 22.2. The average molecular weight is 230 g/mol. The van der Waals surface area contributed by atoms with E-state index in [0.717, 1.165) is 12.2 Å². The van der Waals surface area contributed by atoms with Crippen molar-refractivity contribution >= 4 is 23.8 Å². The summed E-state index contributed by atoms with van der Waals surface area (Å²) in [6, 6.07) is -0.652. The third-order valence-electron chi connectivity index (χ3n) is 1.85. The molecule has 5 nitrogen and oxygen atoms in total. The first-order valence-electron chi connectivity index (χ1n) is 4.74. The normalized spacial score (nSPS) is 16.1. The van der Waals surface area contributed by atoms with Gasteiger partial charge in [-0.25, -0.2) is 9.59 Å². The molecule has 0 spiro atoms. The molecule has 0 aromatic carbocycles. The summed E-state index contributed by atoms with van der Waals surface area (Å²) < 4.78 is 4.89. The van der Waals surface area contributed by atoms with Crippen molar-refractivity contribution in [2.24, 2.45) is 5.73 Å². The van der Waals surface area contributed by atoms with Crippen molar-refractivity contribution in [1.82, 2.24) is 5.32 Å². The minimum absolute atomic E-state index is 0.330. The van der Waals surface area contributed by atoms with Gasteiger partial charge in [-0.15, -0.1) is 11.8 Å². The molecule has 0 atom stereocenters. The third-order valence-corrected chi connectivity index (χ3v) is 2.98. The van der Waals surface area contributed by atoms with E-state index >= 15 is 0 Å². The lowest BCUT2D eigenvalue weighted by Crippen LogP contribution is -2.31. The van der Waals surface area contributed by atoms with Gasteiger partial charge in [0.15, 0.2) is 0 Å². The quantitative estimate of drug-likeness (QED) is 0.707. The molecule has 0 bridgehead atoms. The van der Waals surface area contributed by atoms with Crippen molar-refractivity contribution in [3.63, 3.8) is 0 Å². The van der Waals surface area contributed by atoms with E-state index in [0.29, 0.717) is 23.6 Å². The molecule has 0 fully saturated rings. The second kappa shape index (κ2) is 5.65. The zero-order chi connectivity index (χ0) is 11.3. The van der Waals surface area contributed by atoms with Crippen molar-refractivity contribution in [3.05, 3.63) is 10.6 Å². The van der Waals surface area contributed by atoms with Gasteiger partial charge in [0.2, 0.25) is 0 Å². The second-order valence-electron chi connectivity index (χ2n) is 2.97. The number of carbonyl (C=O) groups excluding carboxylic acids is 2. The maximum Gasteiger partial charge on any atom is 0.336 e. The Hall–Kier alpha value is -1.17. The monoisotopic (exact) mass is 230 g/mol. The molecule has 84 valence electrons. The van der Waals surface area contributed by atoms with Crippen molar-refractivity contribution in [1.29, 1.82) is 0 Å². The molecule has 1 aliphatic rings. The molecule has 1 heterocycles. The van der Waals surface area contributed by atoms with E-state index in [1.54, 1.807) is 6.92 Å². The number of hydrogen-bond acceptors (Lipinski definition) is 4. The Morgan fingerprint density at radius 1 is 1.60 bits per heavy atom. The van der Waals surface area contributed by atoms with Crippen LogP contribution < -0.4 is 11.1 Å². The first-order valence-corrected chi connectivity index (χ1v) is 5.73. The molecule has 0 saturated heterocycles. The predicted octanol–water partition coefficient (Wildman–Crippen LogP) is 0.956. The van der Waals surface area contributed by atoms with Crippen LogP contribution in [0.5, 0.6) is 0 Å². The van der Waals surface area contributed by atoms with Gasteiger partial charge in [0.05, 0.1) is 17.2 Å². The highest BCUT2D eigenvalue weighted by Crippen LogP contribution is 2.28. The molecular weight excluding hydrogens is 216 g/mol. The molecule has 0 aliphatic carbocycles. The molecule has 1 aliphatic heterocycles. The minimum atomic E-state index is -0.652. The number of amides is 2. The minimum Gasteiger partial charge on any atom is -0.463 e. The van der Waals surface area contributed by atoms with E-state index < -0.39 is 6.03 Å². The molecule has 0 aromatic heterocycles. The van der Waals surface area contributed by atoms with E-state index in [-0.39, 0.29) is 5.97 Å². The summed E-state index contributed by atoms with van der Waals surface area (Å²) in [5, 5.41) is 2.99. The Kier molecular flexibility index (Phi) is 4.48. The van der Waals surface area contributed by atoms with Gasteiger partial charge >= 0.3 is 12.0 Å². The fraction of sp³-hybridized carbons (Fsp3) is 0.556. The molecule has 3 N–H and O–H groups in total. The Balaban J connectivity index is 2.80. The number of carbonyl (C=O) groups is 2. The number of esters is 1. The van der Waals surface area contributed by atoms with Crippen LogP contribution in [0.15, 0.2) is 10.6 Å². The van der Waals surface area contributed by atoms with Gasteiger partial charge in [0.25, 0.3) is 0 Å². The molecule has 0 aromatic rings. The Morgan fingerprint density at radius 2 is 2.33 bits per heavy atom. The number of thioether (sulfide) groups is 1. The Morgan fingerprint density at radius 3 is 2.93 bits per heavy atom. The SMILES string of the molecule is CCOC(=O)C1=C(NC(N)=O)SCCC1. The van der Waals surface area contributed by atoms with E-state index in [1.807, 2.05) is 0 Å². The second-order valence-corrected chi connectivity index (χ2v) is 4.07. The van der Waals surface area contributed by atoms with Gasteiger partial charge in [0.1, 0.15) is 0 Å². The molecule has 0 radical (unpaired) electrons. The van der Waals surface area contributed by atoms with Crippen LogP contribution in [0.4, 0.5) is 4.79 Å². The summed E-state index contributed by atoms with van der Waals surface area (Å²) >= 11 is 1.42. The van der Waals surface area contributed by atoms with Gasteiger partial charge < -0.3 is 15.8 Å². The zero-order valence-corrected chi connectivity index (χ0v) is 9.36. The standard InChI is InChI=1S/C9H14N2O3S/c1-2-14-8(12)6-4-3-5-15-7(6)11-9(10)13/h2-5H2,1H3,(H3,10,11,13). The van der Waals surface area contributed by atoms with Crippen molar-refractivity contribution in [3.8, 4) is 0 Å². The third kappa shape index (κ3) is 3.47. The highest BCUT2D eigenvalue weighted by Gasteiger charge is 2.21. The van der Waals surface area contributed by atoms with Crippen LogP contribution in [0.1, 0.15) is 19.8 Å². The number of nitrogens with two attached hydrogens (primary N) is 1. The Labute approximate surface area is 92.4 Å². The number of urea groups is 1. The average Bonchev–Trinajstić information content (AvgIpc) is 2.18. The lowest BCUT2D eigenvalue weighted by atomic mass is 10.1. The fourth-order valence-corrected chi connectivity index (χ4v) is 2.29. The van der Waals surface area contributed by atoms with Crippen LogP contribution in [-0.2, 0) is 9.53 Å². The maximum absolute atomic E-state index is 11.5. The maximum atomic E-state index is 11.5. The number of rotatable bonds is 3. The van der Waals surface area contributed by atoms with Gasteiger partial charge in [-0.05, 0) is 25.5 Å². The topological polar surface area (TPSA) is 81.4 Å². The van der Waals surface area contributed by atoms with E-state index in [9.17, 15) is 9.59 Å². The number of ether oxygens (including phenoxy) is 1. The van der Waals surface area contributed by atoms with Crippen molar-refractivity contribution < 1.29 is 14.3 Å². The molecule has 6 heteroatoms. The van der Waals surface area contributed by atoms with Crippen LogP contribution in [0.25, 0.3) is 0 Å². The number of hydrogen-bond donors (Lipinski definition) is 2. The lowest BCUT2D eigenvalue weighted by molar-refractivity contribution is -0.138. The van der Waals surface area contributed by atoms with E-state index in [4.69, 9.17) is 10.5 Å². The lowest BCUT2D eigenvalue weighted by Gasteiger charge is -2.18. The summed E-state index contributed by atoms with van der Waals surface area (Å²) in [6.07, 6.45) is 1.53. The van der Waals surface area contributed by atoms with Gasteiger partial charge in [-0.2, -0.15) is 0 Å². The number of nitrogens with one attached hydrogen (secondary N) is 1. The van der Waals surface area contributed by atoms with E-state index in [2.05, 4.69) is 5.32 Å². The number of primary amides is 1. The highest BCUT2D eigenvalue weighted by atomic mass is 32.2. The summed E-state index contributed by atoms with van der Waals surface area (Å²) in [5.41, 5.74) is 5.53. The van der Waals surface area contributed by atoms with Crippen LogP contribution >= 0.6 is 11.8 Å². The highest BCUT2D eigenvalue weighted by molar-refractivity contribution is 8.03. The van der Waals surface area contributed by atoms with Gasteiger partial charge in [-0.3, -0.25) is 0 Å². The molecule has 0 unspecified atom stereocenters. The van der Waals surface area contributed by atoms with Crippen molar-refractivity contribution in [2.75, 3.05) is 12.4 Å². The van der Waals surface area contributed by atoms with Crippen LogP contribution in [-0.4, -0.2) is 24.4 Å². The summed E-state index contributed by atoms with van der Waals surface area (Å²) in [7, 11) is 0. The molecule has 15 heavy (non-hydrogen) atoms. The largest absolute Gasteiger partial charge is 0.463 e. The molecule has 2 amide bonds. The van der Waals surface area contributed by atoms with E-state index in [1.165, 1.54) is 11.8 Å². The first-order chi connectivity index (χ1) is 7.15. The van der Waals surface area contributed by atoms with Gasteiger partial charge in [-0.1, -0.05) is 0 Å². The fourth-order valence-electron chi connectivity index (χ4n) is 1.26. The Bertz CT molecular complexity index is 302. The predicted molar refractivity (Wildman–Crippen MR) is 58.1 cm³/mol. The first kappa shape index (κ1) is 11.9. The molecular formula is C9H14N2O3S. The van der Waals surface area contributed by atoms with Gasteiger partial charge in [0, 0.05) is 0 Å². The molecule has 0 saturated carbocycles. The van der Waals surface area contributed by atoms with Crippen LogP contribution in [0.2, 0.25) is 0 Å². The summed E-state index contributed by atoms with van der Waals surface area (Å²) in [6.45, 7) is 2.08. The smallest absolute Gasteiger partial charge is 0.336 e. The van der Waals surface area contributed by atoms with Crippen LogP contribution in [0.3, 0.4) is 0 Å².